The number of carbonyl (C=O) groups excluding carboxylic acids is 3. The van der Waals surface area contributed by atoms with Crippen LogP contribution in [0.3, 0.4) is 0 Å². The Morgan fingerprint density at radius 2 is 1.30 bits per heavy atom. The fourth-order valence-corrected chi connectivity index (χ4v) is 7.50. The number of ether oxygens (including phenoxy) is 2. The van der Waals surface area contributed by atoms with Gasteiger partial charge in [-0.1, -0.05) is 135 Å². The van der Waals surface area contributed by atoms with Gasteiger partial charge in [0.2, 0.25) is 0 Å². The molecule has 1 rings (SSSR count). The maximum atomic E-state index is 12.7. The number of phosphoric ester groups is 1. The summed E-state index contributed by atoms with van der Waals surface area (Å²) in [7, 11) is -4.78. The molecule has 1 fully saturated rings. The van der Waals surface area contributed by atoms with Crippen molar-refractivity contribution in [3.8, 4) is 0 Å². The minimum absolute atomic E-state index is 0.0156. The molecular weight excluding hydrogens is 745 g/mol. The van der Waals surface area contributed by atoms with E-state index in [1.807, 2.05) is 0 Å². The van der Waals surface area contributed by atoms with Crippen LogP contribution in [-0.4, -0.2) is 88.1 Å². The van der Waals surface area contributed by atoms with Crippen molar-refractivity contribution in [3.63, 3.8) is 0 Å². The lowest BCUT2D eigenvalue weighted by Crippen LogP contribution is -2.34. The number of carbonyl (C=O) groups is 4. The first-order valence-corrected chi connectivity index (χ1v) is 22.8. The summed E-state index contributed by atoms with van der Waals surface area (Å²) in [6.07, 6.45) is 21.8. The minimum atomic E-state index is -4.78. The van der Waals surface area contributed by atoms with Crippen LogP contribution in [0.25, 0.3) is 0 Å². The topological polar surface area (TPSA) is 229 Å². The fraction of sp³-hybridized carbons (Fsp3) is 0.854. The van der Waals surface area contributed by atoms with Crippen LogP contribution in [-0.2, 0) is 42.3 Å². The van der Waals surface area contributed by atoms with E-state index in [0.29, 0.717) is 38.5 Å². The second-order valence-corrected chi connectivity index (χ2v) is 16.7. The average molecular weight is 820 g/mol. The summed E-state index contributed by atoms with van der Waals surface area (Å²) in [5, 5.41) is 29.6. The first-order valence-electron chi connectivity index (χ1n) is 21.3. The molecule has 0 amide bonds. The van der Waals surface area contributed by atoms with Crippen molar-refractivity contribution in [2.45, 2.75) is 192 Å². The highest BCUT2D eigenvalue weighted by molar-refractivity contribution is 7.47. The largest absolute Gasteiger partial charge is 0.480 e. The van der Waals surface area contributed by atoms with Gasteiger partial charge >= 0.3 is 25.7 Å². The zero-order valence-electron chi connectivity index (χ0n) is 34.2. The lowest BCUT2D eigenvalue weighted by atomic mass is 9.88. The van der Waals surface area contributed by atoms with Gasteiger partial charge in [-0.15, -0.1) is 0 Å². The molecule has 1 saturated carbocycles. The Morgan fingerprint density at radius 3 is 1.89 bits per heavy atom. The van der Waals surface area contributed by atoms with Crippen LogP contribution < -0.4 is 5.73 Å². The molecule has 15 heteroatoms. The predicted octanol–water partition coefficient (Wildman–Crippen LogP) is 7.48. The average Bonchev–Trinajstić information content (AvgIpc) is 3.43. The molecule has 0 bridgehead atoms. The summed E-state index contributed by atoms with van der Waals surface area (Å²) in [6, 6.07) is -1.56. The van der Waals surface area contributed by atoms with E-state index in [2.05, 4.69) is 18.4 Å². The minimum Gasteiger partial charge on any atom is -0.480 e. The van der Waals surface area contributed by atoms with Gasteiger partial charge in [-0.05, 0) is 25.7 Å². The first kappa shape index (κ1) is 51.8. The molecule has 0 saturated heterocycles. The molecule has 6 N–H and O–H groups in total. The highest BCUT2D eigenvalue weighted by Crippen LogP contribution is 2.43. The van der Waals surface area contributed by atoms with Gasteiger partial charge in [-0.3, -0.25) is 28.2 Å². The molecule has 0 radical (unpaired) electrons. The number of ketones is 1. The maximum Gasteiger partial charge on any atom is 0.472 e. The van der Waals surface area contributed by atoms with Crippen molar-refractivity contribution in [2.75, 3.05) is 19.8 Å². The molecule has 7 atom stereocenters. The van der Waals surface area contributed by atoms with Gasteiger partial charge in [-0.2, -0.15) is 0 Å². The standard InChI is InChI=1S/C41H74NO13P/c1-3-5-7-8-9-10-11-12-13-14-15-20-24-39(46)52-29-33(30-53-56(50,51)54-31-36(42)41(48)49)55-40(47)25-21-17-16-19-23-34-35(38(45)28-37(34)44)27-26-32(43)22-18-6-4-2/h26-27,32-36,38,43,45H,3-25,28-31,42H2,1-2H3,(H,48,49)(H,50,51)/b27-26+/t32-,33+,34+,35+,36-,38+/m0/s1. The highest BCUT2D eigenvalue weighted by Gasteiger charge is 2.39. The molecule has 0 aliphatic heterocycles. The molecule has 0 aromatic heterocycles. The third kappa shape index (κ3) is 25.9. The van der Waals surface area contributed by atoms with Crippen molar-refractivity contribution in [1.82, 2.24) is 0 Å². The van der Waals surface area contributed by atoms with Crippen molar-refractivity contribution < 1.29 is 62.5 Å². The number of nitrogens with two attached hydrogens (primary N) is 1. The molecule has 0 heterocycles. The number of aliphatic carboxylic acids is 1. The molecular formula is C41H74NO13P. The van der Waals surface area contributed by atoms with Gasteiger partial charge < -0.3 is 35.4 Å². The quantitative estimate of drug-likeness (QED) is 0.0179. The predicted molar refractivity (Wildman–Crippen MR) is 213 cm³/mol. The van der Waals surface area contributed by atoms with Crippen molar-refractivity contribution >= 4 is 31.5 Å². The molecule has 56 heavy (non-hydrogen) atoms. The Kier molecular flexibility index (Phi) is 29.4. The Bertz CT molecular complexity index is 1170. The molecule has 1 aliphatic carbocycles. The van der Waals surface area contributed by atoms with Crippen LogP contribution in [0.15, 0.2) is 12.2 Å². The Morgan fingerprint density at radius 1 is 0.786 bits per heavy atom. The number of hydrogen-bond donors (Lipinski definition) is 5. The van der Waals surface area contributed by atoms with E-state index in [0.717, 1.165) is 44.9 Å². The molecule has 1 unspecified atom stereocenters. The zero-order chi connectivity index (χ0) is 41.6. The van der Waals surface area contributed by atoms with E-state index < -0.39 is 69.9 Å². The summed E-state index contributed by atoms with van der Waals surface area (Å²) in [5.41, 5.74) is 5.32. The van der Waals surface area contributed by atoms with Crippen LogP contribution in [0.5, 0.6) is 0 Å². The van der Waals surface area contributed by atoms with Crippen molar-refractivity contribution in [1.29, 1.82) is 0 Å². The van der Waals surface area contributed by atoms with E-state index in [1.165, 1.54) is 51.4 Å². The fourth-order valence-electron chi connectivity index (χ4n) is 6.73. The molecule has 326 valence electrons. The Labute approximate surface area is 335 Å². The number of aliphatic hydroxyl groups excluding tert-OH is 2. The van der Waals surface area contributed by atoms with Gasteiger partial charge in [0.1, 0.15) is 18.4 Å². The van der Waals surface area contributed by atoms with Gasteiger partial charge in [-0.25, -0.2) is 4.57 Å². The second kappa shape index (κ2) is 31.8. The van der Waals surface area contributed by atoms with Gasteiger partial charge in [0.15, 0.2) is 6.10 Å². The summed E-state index contributed by atoms with van der Waals surface area (Å²) in [6.45, 7) is 2.45. The Hall–Kier alpha value is -2.19. The number of Topliss-reactive ketones (excluding diaryl/α,β-unsaturated/α-hetero) is 1. The number of carboxylic acid groups (broad SMARTS) is 1. The molecule has 14 nitrogen and oxygen atoms in total. The van der Waals surface area contributed by atoms with Crippen LogP contribution in [0.4, 0.5) is 0 Å². The summed E-state index contributed by atoms with van der Waals surface area (Å²) in [5.74, 6) is -3.19. The smallest absolute Gasteiger partial charge is 0.472 e. The number of carboxylic acids is 1. The Balaban J connectivity index is 2.50. The number of esters is 2. The van der Waals surface area contributed by atoms with E-state index in [1.54, 1.807) is 12.2 Å². The van der Waals surface area contributed by atoms with Crippen LogP contribution in [0, 0.1) is 11.8 Å². The van der Waals surface area contributed by atoms with Crippen LogP contribution in [0.2, 0.25) is 0 Å². The van der Waals surface area contributed by atoms with E-state index in [4.69, 9.17) is 24.8 Å². The van der Waals surface area contributed by atoms with Crippen molar-refractivity contribution in [2.24, 2.45) is 17.6 Å². The summed E-state index contributed by atoms with van der Waals surface area (Å²) >= 11 is 0. The second-order valence-electron chi connectivity index (χ2n) is 15.3. The zero-order valence-corrected chi connectivity index (χ0v) is 35.1. The summed E-state index contributed by atoms with van der Waals surface area (Å²) < 4.78 is 32.6. The van der Waals surface area contributed by atoms with Crippen molar-refractivity contribution in [3.05, 3.63) is 12.2 Å². The lowest BCUT2D eigenvalue weighted by Gasteiger charge is -2.20. The number of rotatable bonds is 36. The highest BCUT2D eigenvalue weighted by atomic mass is 31.2. The van der Waals surface area contributed by atoms with E-state index in [9.17, 15) is 38.8 Å². The third-order valence-corrected chi connectivity index (χ3v) is 11.1. The van der Waals surface area contributed by atoms with Gasteiger partial charge in [0.05, 0.1) is 25.4 Å². The van der Waals surface area contributed by atoms with Gasteiger partial charge in [0, 0.05) is 31.1 Å². The maximum absolute atomic E-state index is 12.7. The normalized spacial score (nSPS) is 19.8. The van der Waals surface area contributed by atoms with Crippen LogP contribution in [0.1, 0.15) is 168 Å². The first-order chi connectivity index (χ1) is 26.8. The molecule has 0 aromatic rings. The molecule has 0 spiro atoms. The third-order valence-electron chi connectivity index (χ3n) is 10.2. The van der Waals surface area contributed by atoms with E-state index >= 15 is 0 Å². The number of hydrogen-bond acceptors (Lipinski definition) is 12. The number of phosphoric acid groups is 1. The molecule has 1 aliphatic rings. The SMILES string of the molecule is CCCCCCCCCCCCCCC(=O)OC[C@H](COP(=O)(O)OC[C@H](N)C(=O)O)OC(=O)CCCCCC[C@H]1C(=O)C[C@@H](O)[C@@H]1/C=C/[C@@H](O)CCCCC. The lowest BCUT2D eigenvalue weighted by molar-refractivity contribution is -0.161. The number of unbranched alkanes of at least 4 members (excludes halogenated alkanes) is 16. The summed E-state index contributed by atoms with van der Waals surface area (Å²) in [4.78, 5) is 58.7. The molecule has 0 aromatic carbocycles. The van der Waals surface area contributed by atoms with E-state index in [-0.39, 0.29) is 36.9 Å². The van der Waals surface area contributed by atoms with Crippen LogP contribution >= 0.6 is 7.82 Å². The van der Waals surface area contributed by atoms with Gasteiger partial charge in [0.25, 0.3) is 0 Å². The monoisotopic (exact) mass is 819 g/mol. The number of aliphatic hydroxyl groups is 2.